The van der Waals surface area contributed by atoms with Gasteiger partial charge in [-0.15, -0.1) is 8.78 Å². The lowest BCUT2D eigenvalue weighted by atomic mass is 9.89. The van der Waals surface area contributed by atoms with Crippen molar-refractivity contribution in [3.05, 3.63) is 95.1 Å². The van der Waals surface area contributed by atoms with Crippen LogP contribution in [0.5, 0.6) is 11.5 Å². The van der Waals surface area contributed by atoms with Gasteiger partial charge in [-0.3, -0.25) is 4.79 Å². The first kappa shape index (κ1) is 24.4. The van der Waals surface area contributed by atoms with Gasteiger partial charge in [0, 0.05) is 6.04 Å². The number of nitrogens with one attached hydrogen (secondary N) is 1. The number of carboxylic acid groups (broad SMARTS) is 1. The van der Waals surface area contributed by atoms with Crippen molar-refractivity contribution in [2.45, 2.75) is 55.6 Å². The Kier molecular flexibility index (Phi) is 5.83. The number of carbonyl (C=O) groups excluding carboxylic acids is 1. The molecule has 1 saturated carbocycles. The predicted octanol–water partition coefficient (Wildman–Crippen LogP) is 5.52. The molecule has 3 aliphatic rings. The number of fused-ring (bicyclic) bond motifs is 1. The van der Waals surface area contributed by atoms with E-state index in [1.165, 1.54) is 12.1 Å². The highest BCUT2D eigenvalue weighted by molar-refractivity contribution is 5.91. The highest BCUT2D eigenvalue weighted by Crippen LogP contribution is 2.52. The summed E-state index contributed by atoms with van der Waals surface area (Å²) < 4.78 is 42.5. The minimum Gasteiger partial charge on any atom is -0.478 e. The van der Waals surface area contributed by atoms with Gasteiger partial charge < -0.3 is 24.6 Å². The molecule has 0 aromatic heterocycles. The molecule has 196 valence electrons. The SMILES string of the molecule is O=C(O)c1ccc([C@H]2C[C@H](NC(=O)C3(c4ccc5c(c4)OC(F)(F)O5)CC3)C[C@@H](c3ccccc3)O2)cc1. The third-order valence-corrected chi connectivity index (χ3v) is 7.50. The summed E-state index contributed by atoms with van der Waals surface area (Å²) in [7, 11) is 0. The van der Waals surface area contributed by atoms with Gasteiger partial charge in [-0.1, -0.05) is 48.5 Å². The lowest BCUT2D eigenvalue weighted by Crippen LogP contribution is -2.45. The molecule has 1 amide bonds. The van der Waals surface area contributed by atoms with Crippen molar-refractivity contribution in [1.29, 1.82) is 0 Å². The van der Waals surface area contributed by atoms with Crippen molar-refractivity contribution >= 4 is 11.9 Å². The molecule has 7 nitrogen and oxygen atoms in total. The van der Waals surface area contributed by atoms with Crippen molar-refractivity contribution in [2.75, 3.05) is 0 Å². The van der Waals surface area contributed by atoms with Crippen molar-refractivity contribution in [1.82, 2.24) is 5.32 Å². The molecule has 1 saturated heterocycles. The summed E-state index contributed by atoms with van der Waals surface area (Å²) in [5.41, 5.74) is 1.80. The monoisotopic (exact) mass is 521 g/mol. The van der Waals surface area contributed by atoms with Gasteiger partial charge in [0.15, 0.2) is 11.5 Å². The van der Waals surface area contributed by atoms with Crippen LogP contribution in [0.3, 0.4) is 0 Å². The zero-order valence-corrected chi connectivity index (χ0v) is 20.2. The molecule has 3 aromatic rings. The summed E-state index contributed by atoms with van der Waals surface area (Å²) in [6, 6.07) is 20.6. The van der Waals surface area contributed by atoms with E-state index in [9.17, 15) is 23.5 Å². The van der Waals surface area contributed by atoms with Gasteiger partial charge in [0.25, 0.3) is 0 Å². The molecule has 0 spiro atoms. The molecule has 0 unspecified atom stereocenters. The van der Waals surface area contributed by atoms with Crippen LogP contribution in [0.1, 0.15) is 64.9 Å². The quantitative estimate of drug-likeness (QED) is 0.444. The van der Waals surface area contributed by atoms with Crippen LogP contribution in [-0.2, 0) is 14.9 Å². The highest BCUT2D eigenvalue weighted by atomic mass is 19.3. The zero-order valence-electron chi connectivity index (χ0n) is 20.2. The van der Waals surface area contributed by atoms with Gasteiger partial charge in [0.05, 0.1) is 23.2 Å². The average Bonchev–Trinajstić information content (AvgIpc) is 3.66. The maximum Gasteiger partial charge on any atom is 0.586 e. The highest BCUT2D eigenvalue weighted by Gasteiger charge is 2.53. The Morgan fingerprint density at radius 1 is 0.842 bits per heavy atom. The number of amides is 1. The standard InChI is InChI=1S/C29H25F2NO6/c30-29(31)37-22-11-10-20(14-25(22)38-29)28(12-13-28)27(35)32-21-15-23(17-4-2-1-3-5-17)36-24(16-21)18-6-8-19(9-7-18)26(33)34/h1-11,14,21,23-24H,12-13,15-16H2,(H,32,35)(H,33,34)/t21-,23+,24-/m1/s1. The Morgan fingerprint density at radius 2 is 1.47 bits per heavy atom. The summed E-state index contributed by atoms with van der Waals surface area (Å²) in [5, 5.41) is 12.4. The smallest absolute Gasteiger partial charge is 0.478 e. The van der Waals surface area contributed by atoms with E-state index in [1.807, 2.05) is 30.3 Å². The van der Waals surface area contributed by atoms with E-state index >= 15 is 0 Å². The fourth-order valence-corrected chi connectivity index (χ4v) is 5.32. The van der Waals surface area contributed by atoms with Crippen LogP contribution in [0.15, 0.2) is 72.8 Å². The summed E-state index contributed by atoms with van der Waals surface area (Å²) in [4.78, 5) is 24.9. The molecule has 9 heteroatoms. The Hall–Kier alpha value is -3.98. The second kappa shape index (κ2) is 9.09. The number of alkyl halides is 2. The number of hydrogen-bond donors (Lipinski definition) is 2. The molecular weight excluding hydrogens is 496 g/mol. The van der Waals surface area contributed by atoms with E-state index in [0.717, 1.165) is 11.1 Å². The Bertz CT molecular complexity index is 1370. The lowest BCUT2D eigenvalue weighted by Gasteiger charge is -2.37. The summed E-state index contributed by atoms with van der Waals surface area (Å²) in [5.74, 6) is -1.30. The Balaban J connectivity index is 1.23. The largest absolute Gasteiger partial charge is 0.586 e. The third kappa shape index (κ3) is 4.58. The van der Waals surface area contributed by atoms with Gasteiger partial charge in [-0.05, 0) is 66.6 Å². The molecule has 3 aromatic carbocycles. The number of ether oxygens (including phenoxy) is 3. The fraction of sp³-hybridized carbons (Fsp3) is 0.310. The van der Waals surface area contributed by atoms with Gasteiger partial charge >= 0.3 is 12.3 Å². The molecule has 2 heterocycles. The van der Waals surface area contributed by atoms with Crippen LogP contribution >= 0.6 is 0 Å². The summed E-state index contributed by atoms with van der Waals surface area (Å²) in [6.07, 6.45) is -2.09. The number of carbonyl (C=O) groups is 2. The van der Waals surface area contributed by atoms with E-state index in [0.29, 0.717) is 31.2 Å². The Labute approximate surface area is 217 Å². The van der Waals surface area contributed by atoms with Gasteiger partial charge in [-0.2, -0.15) is 0 Å². The van der Waals surface area contributed by atoms with Crippen LogP contribution in [-0.4, -0.2) is 29.3 Å². The maximum atomic E-state index is 13.6. The molecule has 2 fully saturated rings. The van der Waals surface area contributed by atoms with Crippen molar-refractivity contribution in [2.24, 2.45) is 0 Å². The molecule has 6 rings (SSSR count). The van der Waals surface area contributed by atoms with Gasteiger partial charge in [0.2, 0.25) is 5.91 Å². The second-order valence-electron chi connectivity index (χ2n) is 10.0. The summed E-state index contributed by atoms with van der Waals surface area (Å²) >= 11 is 0. The normalized spacial score (nSPS) is 24.4. The van der Waals surface area contributed by atoms with E-state index in [2.05, 4.69) is 14.8 Å². The van der Waals surface area contributed by atoms with E-state index < -0.39 is 17.7 Å². The van der Waals surface area contributed by atoms with E-state index in [4.69, 9.17) is 4.74 Å². The van der Waals surface area contributed by atoms with Gasteiger partial charge in [0.1, 0.15) is 0 Å². The topological polar surface area (TPSA) is 94.1 Å². The minimum absolute atomic E-state index is 0.0538. The summed E-state index contributed by atoms with van der Waals surface area (Å²) in [6.45, 7) is 0. The first-order chi connectivity index (χ1) is 18.2. The number of carboxylic acids is 1. The van der Waals surface area contributed by atoms with E-state index in [-0.39, 0.29) is 41.2 Å². The number of benzene rings is 3. The van der Waals surface area contributed by atoms with E-state index in [1.54, 1.807) is 30.3 Å². The Morgan fingerprint density at radius 3 is 2.11 bits per heavy atom. The molecule has 3 atom stereocenters. The van der Waals surface area contributed by atoms with Crippen molar-refractivity contribution in [3.63, 3.8) is 0 Å². The molecule has 0 radical (unpaired) electrons. The molecular formula is C29H25F2NO6. The van der Waals surface area contributed by atoms with Crippen LogP contribution in [0, 0.1) is 0 Å². The first-order valence-electron chi connectivity index (χ1n) is 12.5. The van der Waals surface area contributed by atoms with Crippen molar-refractivity contribution in [3.8, 4) is 11.5 Å². The molecule has 2 aliphatic heterocycles. The van der Waals surface area contributed by atoms with Crippen molar-refractivity contribution < 1.29 is 37.7 Å². The van der Waals surface area contributed by atoms with Crippen LogP contribution < -0.4 is 14.8 Å². The first-order valence-corrected chi connectivity index (χ1v) is 12.5. The maximum absolute atomic E-state index is 13.6. The number of halogens is 2. The number of rotatable bonds is 6. The molecule has 0 bridgehead atoms. The van der Waals surface area contributed by atoms with Gasteiger partial charge in [-0.25, -0.2) is 4.79 Å². The fourth-order valence-electron chi connectivity index (χ4n) is 5.32. The third-order valence-electron chi connectivity index (χ3n) is 7.50. The average molecular weight is 522 g/mol. The molecule has 2 N–H and O–H groups in total. The lowest BCUT2D eigenvalue weighted by molar-refractivity contribution is -0.286. The van der Waals surface area contributed by atoms with Crippen LogP contribution in [0.4, 0.5) is 8.78 Å². The molecule has 1 aliphatic carbocycles. The zero-order chi connectivity index (χ0) is 26.5. The minimum atomic E-state index is -3.72. The number of aromatic carboxylic acids is 1. The second-order valence-corrected chi connectivity index (χ2v) is 10.0. The predicted molar refractivity (Wildman–Crippen MR) is 131 cm³/mol. The van der Waals surface area contributed by atoms with Crippen LogP contribution in [0.2, 0.25) is 0 Å². The molecule has 38 heavy (non-hydrogen) atoms. The number of hydrogen-bond acceptors (Lipinski definition) is 5. The van der Waals surface area contributed by atoms with Crippen LogP contribution in [0.25, 0.3) is 0 Å².